The summed E-state index contributed by atoms with van der Waals surface area (Å²) < 4.78 is 16.4. The molecule has 1 atom stereocenters. The third kappa shape index (κ3) is 6.63. The van der Waals surface area contributed by atoms with E-state index in [1.165, 1.54) is 32.7 Å². The molecule has 2 N–H and O–H groups in total. The molecular weight excluding hydrogens is 495 g/mol. The zero-order valence-electron chi connectivity index (χ0n) is 19.1. The Morgan fingerprint density at radius 3 is 2.31 bits per heavy atom. The van der Waals surface area contributed by atoms with Gasteiger partial charge in [-0.05, 0) is 17.7 Å². The second kappa shape index (κ2) is 12.4. The highest BCUT2D eigenvalue weighted by atomic mass is 35.5. The van der Waals surface area contributed by atoms with Crippen LogP contribution < -0.4 is 19.5 Å². The van der Waals surface area contributed by atoms with Gasteiger partial charge in [-0.3, -0.25) is 14.6 Å². The molecule has 1 amide bonds. The molecule has 2 aromatic carbocycles. The van der Waals surface area contributed by atoms with Gasteiger partial charge < -0.3 is 24.6 Å². The van der Waals surface area contributed by atoms with Gasteiger partial charge >= 0.3 is 0 Å². The predicted molar refractivity (Wildman–Crippen MR) is 132 cm³/mol. The number of ketones is 1. The van der Waals surface area contributed by atoms with Crippen molar-refractivity contribution in [3.63, 3.8) is 0 Å². The first-order valence-corrected chi connectivity index (χ1v) is 11.3. The maximum Gasteiger partial charge on any atom is 0.258 e. The highest BCUT2D eigenvalue weighted by Crippen LogP contribution is 2.41. The number of aromatic nitrogens is 1. The number of carbonyl (C=O) groups excluding carboxylic acids is 2. The molecule has 35 heavy (non-hydrogen) atoms. The summed E-state index contributed by atoms with van der Waals surface area (Å²) in [5, 5.41) is 13.4. The highest BCUT2D eigenvalue weighted by Gasteiger charge is 2.24. The van der Waals surface area contributed by atoms with Crippen molar-refractivity contribution >= 4 is 34.9 Å². The van der Waals surface area contributed by atoms with E-state index in [1.807, 2.05) is 6.07 Å². The number of amides is 1. The number of pyridine rings is 1. The van der Waals surface area contributed by atoms with Crippen molar-refractivity contribution in [1.29, 1.82) is 0 Å². The number of nitrogens with one attached hydrogen (secondary N) is 1. The molecule has 0 saturated carbocycles. The Morgan fingerprint density at radius 2 is 1.69 bits per heavy atom. The number of ether oxygens (including phenoxy) is 3. The van der Waals surface area contributed by atoms with Gasteiger partial charge in [-0.2, -0.15) is 0 Å². The van der Waals surface area contributed by atoms with Gasteiger partial charge in [-0.15, -0.1) is 0 Å². The topological polar surface area (TPSA) is 107 Å². The lowest BCUT2D eigenvalue weighted by Gasteiger charge is -2.18. The van der Waals surface area contributed by atoms with Crippen molar-refractivity contribution in [3.05, 3.63) is 81.6 Å². The lowest BCUT2D eigenvalue weighted by Crippen LogP contribution is -2.32. The van der Waals surface area contributed by atoms with E-state index in [9.17, 15) is 14.7 Å². The van der Waals surface area contributed by atoms with Gasteiger partial charge in [0.1, 0.15) is 0 Å². The van der Waals surface area contributed by atoms with E-state index in [-0.39, 0.29) is 45.9 Å². The number of Topliss-reactive ketones (excluding diaryl/α,β-unsaturated/α-hetero) is 1. The fourth-order valence-electron chi connectivity index (χ4n) is 3.32. The van der Waals surface area contributed by atoms with Gasteiger partial charge in [-0.1, -0.05) is 53.5 Å². The van der Waals surface area contributed by atoms with Gasteiger partial charge in [0, 0.05) is 30.9 Å². The molecule has 0 fully saturated rings. The maximum absolute atomic E-state index is 13.2. The molecule has 1 aromatic heterocycles. The molecule has 0 radical (unpaired) electrons. The second-order valence-corrected chi connectivity index (χ2v) is 8.19. The van der Waals surface area contributed by atoms with Crippen LogP contribution in [0.1, 0.15) is 27.6 Å². The van der Waals surface area contributed by atoms with Crippen molar-refractivity contribution < 1.29 is 28.9 Å². The summed E-state index contributed by atoms with van der Waals surface area (Å²) in [6.45, 7) is -0.436. The SMILES string of the molecule is COc1ccc(C(=O)Cc2c(Cl)cncc2Cl)c(OCC(=O)NC[C@@H](O)c2ccccc2)c1OC. The largest absolute Gasteiger partial charge is 0.493 e. The quantitative estimate of drug-likeness (QED) is 0.368. The number of aliphatic hydroxyl groups is 1. The number of rotatable bonds is 11. The van der Waals surface area contributed by atoms with Crippen molar-refractivity contribution in [2.24, 2.45) is 0 Å². The van der Waals surface area contributed by atoms with Crippen LogP contribution in [0.5, 0.6) is 17.2 Å². The first kappa shape index (κ1) is 26.3. The van der Waals surface area contributed by atoms with E-state index in [2.05, 4.69) is 10.3 Å². The van der Waals surface area contributed by atoms with Crippen molar-refractivity contribution in [2.45, 2.75) is 12.5 Å². The molecule has 0 saturated heterocycles. The number of benzene rings is 2. The molecule has 184 valence electrons. The number of carbonyl (C=O) groups is 2. The number of nitrogens with zero attached hydrogens (tertiary/aromatic N) is 1. The summed E-state index contributed by atoms with van der Waals surface area (Å²) in [7, 11) is 2.84. The minimum atomic E-state index is -0.876. The number of hydrogen-bond donors (Lipinski definition) is 2. The number of halogens is 2. The van der Waals surface area contributed by atoms with Crippen molar-refractivity contribution in [1.82, 2.24) is 10.3 Å². The predicted octanol–water partition coefficient (Wildman–Crippen LogP) is 4.06. The van der Waals surface area contributed by atoms with Crippen LogP contribution in [0, 0.1) is 0 Å². The van der Waals surface area contributed by atoms with E-state index in [0.717, 1.165) is 0 Å². The average Bonchev–Trinajstić information content (AvgIpc) is 2.87. The molecule has 1 heterocycles. The number of hydrogen-bond acceptors (Lipinski definition) is 7. The Kier molecular flexibility index (Phi) is 9.31. The molecule has 3 aromatic rings. The normalized spacial score (nSPS) is 11.5. The van der Waals surface area contributed by atoms with Gasteiger partial charge in [0.05, 0.1) is 35.9 Å². The van der Waals surface area contributed by atoms with Crippen LogP contribution in [0.2, 0.25) is 10.0 Å². The molecule has 3 rings (SSSR count). The highest BCUT2D eigenvalue weighted by molar-refractivity contribution is 6.36. The summed E-state index contributed by atoms with van der Waals surface area (Å²) in [6, 6.07) is 12.0. The first-order valence-electron chi connectivity index (χ1n) is 10.5. The van der Waals surface area contributed by atoms with E-state index in [1.54, 1.807) is 30.3 Å². The molecule has 0 aliphatic rings. The average molecular weight is 519 g/mol. The summed E-state index contributed by atoms with van der Waals surface area (Å²) >= 11 is 12.3. The molecule has 0 aliphatic carbocycles. The van der Waals surface area contributed by atoms with Crippen LogP contribution in [0.4, 0.5) is 0 Å². The molecule has 8 nitrogen and oxygen atoms in total. The Hall–Kier alpha value is -3.33. The van der Waals surface area contributed by atoms with Crippen LogP contribution >= 0.6 is 23.2 Å². The Labute approximate surface area is 212 Å². The monoisotopic (exact) mass is 518 g/mol. The van der Waals surface area contributed by atoms with Gasteiger partial charge in [0.15, 0.2) is 23.9 Å². The molecule has 0 aliphatic heterocycles. The minimum Gasteiger partial charge on any atom is -0.493 e. The van der Waals surface area contributed by atoms with Crippen LogP contribution in [-0.2, 0) is 11.2 Å². The zero-order valence-corrected chi connectivity index (χ0v) is 20.6. The van der Waals surface area contributed by atoms with Crippen LogP contribution in [0.3, 0.4) is 0 Å². The molecule has 0 spiro atoms. The third-order valence-electron chi connectivity index (χ3n) is 5.11. The Morgan fingerprint density at radius 1 is 1.00 bits per heavy atom. The molecule has 0 unspecified atom stereocenters. The Balaban J connectivity index is 1.77. The van der Waals surface area contributed by atoms with Crippen LogP contribution in [0.15, 0.2) is 54.9 Å². The smallest absolute Gasteiger partial charge is 0.258 e. The van der Waals surface area contributed by atoms with E-state index >= 15 is 0 Å². The fourth-order valence-corrected chi connectivity index (χ4v) is 3.81. The van der Waals surface area contributed by atoms with E-state index in [0.29, 0.717) is 16.9 Å². The number of aliphatic hydroxyl groups excluding tert-OH is 1. The fraction of sp³-hybridized carbons (Fsp3) is 0.240. The van der Waals surface area contributed by atoms with Gasteiger partial charge in [0.25, 0.3) is 5.91 Å². The van der Waals surface area contributed by atoms with Gasteiger partial charge in [-0.25, -0.2) is 0 Å². The van der Waals surface area contributed by atoms with Crippen molar-refractivity contribution in [2.75, 3.05) is 27.4 Å². The van der Waals surface area contributed by atoms with E-state index in [4.69, 9.17) is 37.4 Å². The molecule has 0 bridgehead atoms. The van der Waals surface area contributed by atoms with Crippen LogP contribution in [0.25, 0.3) is 0 Å². The Bertz CT molecular complexity index is 1170. The van der Waals surface area contributed by atoms with E-state index < -0.39 is 18.6 Å². The summed E-state index contributed by atoms with van der Waals surface area (Å²) in [4.78, 5) is 29.5. The lowest BCUT2D eigenvalue weighted by molar-refractivity contribution is -0.123. The zero-order chi connectivity index (χ0) is 25.4. The second-order valence-electron chi connectivity index (χ2n) is 7.38. The standard InChI is InChI=1S/C25H24Cl2N2O6/c1-33-22-9-8-16(20(30)10-17-18(26)11-28-12-19(17)27)24(25(22)34-2)35-14-23(32)29-13-21(31)15-6-4-3-5-7-15/h3-9,11-12,21,31H,10,13-14H2,1-2H3,(H,29,32)/t21-/m1/s1. The van der Waals surface area contributed by atoms with Crippen molar-refractivity contribution in [3.8, 4) is 17.2 Å². The lowest BCUT2D eigenvalue weighted by atomic mass is 10.0. The number of methoxy groups -OCH3 is 2. The third-order valence-corrected chi connectivity index (χ3v) is 5.77. The van der Waals surface area contributed by atoms with Gasteiger partial charge in [0.2, 0.25) is 5.75 Å². The minimum absolute atomic E-state index is 0.00766. The molecular formula is C25H24Cl2N2O6. The van der Waals surface area contributed by atoms with Crippen LogP contribution in [-0.4, -0.2) is 49.2 Å². The molecule has 10 heteroatoms. The maximum atomic E-state index is 13.2. The summed E-state index contributed by atoms with van der Waals surface area (Å²) in [6.07, 6.45) is 1.80. The summed E-state index contributed by atoms with van der Waals surface area (Å²) in [5.41, 5.74) is 1.25. The first-order chi connectivity index (χ1) is 16.8. The summed E-state index contributed by atoms with van der Waals surface area (Å²) in [5.74, 6) is -0.349.